The molecule has 0 amide bonds. The highest BCUT2D eigenvalue weighted by Gasteiger charge is 2.48. The highest BCUT2D eigenvalue weighted by atomic mass is 35.5. The van der Waals surface area contributed by atoms with Crippen LogP contribution in [0.3, 0.4) is 0 Å². The molecule has 2 aliphatic heterocycles. The number of hydrogen-bond donors (Lipinski definition) is 2. The maximum absolute atomic E-state index is 14.1. The molecule has 60 heavy (non-hydrogen) atoms. The van der Waals surface area contributed by atoms with Crippen molar-refractivity contribution in [1.29, 1.82) is 0 Å². The van der Waals surface area contributed by atoms with Crippen LogP contribution >= 0.6 is 23.4 Å². The zero-order valence-electron chi connectivity index (χ0n) is 32.9. The Kier molecular flexibility index (Phi) is 13.8. The molecule has 0 aliphatic carbocycles. The average Bonchev–Trinajstić information content (AvgIpc) is 3.23. The Morgan fingerprint density at radius 1 is 0.900 bits per heavy atom. The van der Waals surface area contributed by atoms with Gasteiger partial charge in [-0.1, -0.05) is 79.5 Å². The highest BCUT2D eigenvalue weighted by molar-refractivity contribution is 7.99. The summed E-state index contributed by atoms with van der Waals surface area (Å²) >= 11 is 7.61. The first kappa shape index (κ1) is 43.9. The number of thioether (sulfide) groups is 1. The van der Waals surface area contributed by atoms with Crippen molar-refractivity contribution < 1.29 is 30.0 Å². The third kappa shape index (κ3) is 10.3. The third-order valence-corrected chi connectivity index (χ3v) is 15.2. The number of nitrogens with one attached hydrogen (secondary N) is 2. The van der Waals surface area contributed by atoms with Gasteiger partial charge >= 0.3 is 5.51 Å². The lowest BCUT2D eigenvalue weighted by Crippen LogP contribution is -2.46. The van der Waals surface area contributed by atoms with Crippen LogP contribution in [0.25, 0.3) is 11.1 Å². The summed E-state index contributed by atoms with van der Waals surface area (Å²) in [5, 5.41) is 3.67. The first-order chi connectivity index (χ1) is 28.7. The van der Waals surface area contributed by atoms with Gasteiger partial charge in [0.2, 0.25) is 0 Å². The molecular weight excluding hydrogens is 853 g/mol. The van der Waals surface area contributed by atoms with Gasteiger partial charge in [0.25, 0.3) is 19.9 Å². The first-order valence-electron chi connectivity index (χ1n) is 19.8. The van der Waals surface area contributed by atoms with E-state index in [1.165, 1.54) is 29.2 Å². The Hall–Kier alpha value is -4.19. The van der Waals surface area contributed by atoms with Crippen molar-refractivity contribution in [1.82, 2.24) is 19.8 Å². The molecule has 5 aromatic rings. The van der Waals surface area contributed by atoms with Crippen LogP contribution in [0.1, 0.15) is 49.4 Å². The molecule has 1 atom stereocenters. The van der Waals surface area contributed by atoms with Gasteiger partial charge < -0.3 is 5.32 Å². The minimum absolute atomic E-state index is 0.0113. The molecule has 2 N–H and O–H groups in total. The lowest BCUT2D eigenvalue weighted by atomic mass is 9.96. The zero-order valence-corrected chi connectivity index (χ0v) is 36.1. The lowest BCUT2D eigenvalue weighted by molar-refractivity contribution is -0.0435. The number of piperidine rings is 1. The molecule has 0 bridgehead atoms. The third-order valence-electron chi connectivity index (χ3n) is 11.0. The van der Waals surface area contributed by atoms with Gasteiger partial charge in [-0.05, 0) is 97.9 Å². The predicted octanol–water partition coefficient (Wildman–Crippen LogP) is 9.29. The van der Waals surface area contributed by atoms with Crippen molar-refractivity contribution in [2.75, 3.05) is 35.4 Å². The number of rotatable bonds is 15. The van der Waals surface area contributed by atoms with Gasteiger partial charge in [0.1, 0.15) is 17.0 Å². The Labute approximate surface area is 358 Å². The number of alkyl halides is 3. The molecule has 1 aromatic heterocycles. The summed E-state index contributed by atoms with van der Waals surface area (Å²) in [6.45, 7) is 5.66. The SMILES string of the molecule is CCCC(CSc1ccccc1)Nc1ccc(S(=O)(=O)Nc2ncnc3c2CCN(C2CCN(Cc4ccccc4-c4ccc(Cl)cc4)CC2)C3)cc1S(=O)(=O)C(F)(F)F. The Bertz CT molecular complexity index is 2490. The van der Waals surface area contributed by atoms with Gasteiger partial charge in [0, 0.05) is 53.0 Å². The maximum Gasteiger partial charge on any atom is 0.501 e. The van der Waals surface area contributed by atoms with Crippen molar-refractivity contribution >= 4 is 54.7 Å². The number of hydrogen-bond acceptors (Lipinski definition) is 10. The number of benzene rings is 4. The summed E-state index contributed by atoms with van der Waals surface area (Å²) in [5.74, 6) is 0.443. The number of nitrogens with zero attached hydrogens (tertiary/aromatic N) is 4. The zero-order chi connectivity index (χ0) is 42.5. The van der Waals surface area contributed by atoms with E-state index in [9.17, 15) is 30.0 Å². The molecule has 7 rings (SSSR count). The van der Waals surface area contributed by atoms with Gasteiger partial charge in [-0.15, -0.1) is 11.8 Å². The molecule has 17 heteroatoms. The Morgan fingerprint density at radius 3 is 2.33 bits per heavy atom. The molecule has 10 nitrogen and oxygen atoms in total. The smallest absolute Gasteiger partial charge is 0.380 e. The van der Waals surface area contributed by atoms with Crippen molar-refractivity contribution in [2.24, 2.45) is 0 Å². The van der Waals surface area contributed by atoms with E-state index in [1.54, 1.807) is 0 Å². The molecule has 3 heterocycles. The van der Waals surface area contributed by atoms with Gasteiger partial charge in [-0.2, -0.15) is 13.2 Å². The fraction of sp³-hybridized carbons (Fsp3) is 0.349. The summed E-state index contributed by atoms with van der Waals surface area (Å²) in [5.41, 5.74) is -1.20. The van der Waals surface area contributed by atoms with Crippen molar-refractivity contribution in [3.63, 3.8) is 0 Å². The van der Waals surface area contributed by atoms with Crippen molar-refractivity contribution in [3.05, 3.63) is 125 Å². The fourth-order valence-electron chi connectivity index (χ4n) is 7.83. The van der Waals surface area contributed by atoms with E-state index in [1.807, 2.05) is 67.6 Å². The van der Waals surface area contributed by atoms with Crippen LogP contribution in [0, 0.1) is 0 Å². The molecule has 318 valence electrons. The molecule has 2 aliphatic rings. The molecule has 0 radical (unpaired) electrons. The first-order valence-corrected chi connectivity index (χ1v) is 24.1. The standard InChI is InChI=1S/C43H46ClF3N6O4S3/c1-2-8-33(28-58-35-10-4-3-5-11-35)50-39-18-17-36(25-41(39)59(54,55)43(45,46)47)60(56,57)51-42-38-21-24-53(27-40(38)48-29-49-42)34-19-22-52(23-20-34)26-31-9-6-7-12-37(31)30-13-15-32(44)16-14-30/h3-7,9-18,25,29,33-34,50H,2,8,19-24,26-28H2,1H3,(H,48,49,51). The quantitative estimate of drug-likeness (QED) is 0.0984. The minimum Gasteiger partial charge on any atom is -0.380 e. The molecule has 0 saturated carbocycles. The summed E-state index contributed by atoms with van der Waals surface area (Å²) in [7, 11) is -10.6. The second kappa shape index (κ2) is 18.8. The number of likely N-dealkylation sites (tertiary alicyclic amines) is 1. The van der Waals surface area contributed by atoms with E-state index < -0.39 is 41.2 Å². The Morgan fingerprint density at radius 2 is 1.62 bits per heavy atom. The van der Waals surface area contributed by atoms with Gasteiger partial charge in [0.15, 0.2) is 0 Å². The summed E-state index contributed by atoms with van der Waals surface area (Å²) < 4.78 is 98.1. The van der Waals surface area contributed by atoms with Crippen LogP contribution in [0.5, 0.6) is 0 Å². The molecule has 1 saturated heterocycles. The number of aromatic nitrogens is 2. The predicted molar refractivity (Wildman–Crippen MR) is 231 cm³/mol. The van der Waals surface area contributed by atoms with E-state index in [2.05, 4.69) is 48.0 Å². The molecule has 4 aromatic carbocycles. The number of sulfonamides is 1. The van der Waals surface area contributed by atoms with Gasteiger partial charge in [-0.25, -0.2) is 26.8 Å². The highest BCUT2D eigenvalue weighted by Crippen LogP contribution is 2.38. The number of sulfone groups is 1. The summed E-state index contributed by atoms with van der Waals surface area (Å²) in [6, 6.07) is 28.3. The second-order valence-electron chi connectivity index (χ2n) is 15.0. The van der Waals surface area contributed by atoms with E-state index in [-0.39, 0.29) is 11.5 Å². The minimum atomic E-state index is -5.96. The monoisotopic (exact) mass is 898 g/mol. The number of fused-ring (bicyclic) bond motifs is 1. The van der Waals surface area contributed by atoms with Crippen LogP contribution in [-0.2, 0) is 39.4 Å². The van der Waals surface area contributed by atoms with Gasteiger partial charge in [-0.3, -0.25) is 14.5 Å². The number of anilines is 2. The van der Waals surface area contributed by atoms with E-state index >= 15 is 0 Å². The van der Waals surface area contributed by atoms with Crippen LogP contribution in [0.4, 0.5) is 24.7 Å². The molecule has 1 unspecified atom stereocenters. The van der Waals surface area contributed by atoms with Crippen molar-refractivity contribution in [2.45, 2.75) is 84.4 Å². The normalized spacial score (nSPS) is 16.3. The number of halogens is 4. The second-order valence-corrected chi connectivity index (χ2v) is 20.1. The molecular formula is C43H46ClF3N6O4S3. The van der Waals surface area contributed by atoms with Crippen LogP contribution in [-0.4, -0.2) is 79.6 Å². The average molecular weight is 900 g/mol. The van der Waals surface area contributed by atoms with Gasteiger partial charge in [0.05, 0.1) is 16.3 Å². The topological polar surface area (TPSA) is 125 Å². The maximum atomic E-state index is 14.1. The van der Waals surface area contributed by atoms with E-state index in [4.69, 9.17) is 11.6 Å². The van der Waals surface area contributed by atoms with Crippen LogP contribution in [0.2, 0.25) is 5.02 Å². The summed E-state index contributed by atoms with van der Waals surface area (Å²) in [6.07, 6.45) is 4.80. The van der Waals surface area contributed by atoms with Crippen LogP contribution in [0.15, 0.2) is 118 Å². The fourth-order valence-corrected chi connectivity index (χ4v) is 11.0. The molecule has 1 fully saturated rings. The lowest BCUT2D eigenvalue weighted by Gasteiger charge is -2.40. The summed E-state index contributed by atoms with van der Waals surface area (Å²) in [4.78, 5) is 12.6. The van der Waals surface area contributed by atoms with Crippen LogP contribution < -0.4 is 10.0 Å². The van der Waals surface area contributed by atoms with E-state index in [0.29, 0.717) is 66.5 Å². The van der Waals surface area contributed by atoms with E-state index in [0.717, 1.165) is 55.1 Å². The largest absolute Gasteiger partial charge is 0.501 e. The van der Waals surface area contributed by atoms with Crippen molar-refractivity contribution in [3.8, 4) is 11.1 Å². The molecule has 0 spiro atoms. The Balaban J connectivity index is 1.03.